The topological polar surface area (TPSA) is 82.7 Å². The van der Waals surface area contributed by atoms with E-state index in [4.69, 9.17) is 18.9 Å². The fourth-order valence-corrected chi connectivity index (χ4v) is 4.43. The molecule has 5 rings (SSSR count). The minimum Gasteiger partial charge on any atom is -0.465 e. The lowest BCUT2D eigenvalue weighted by Gasteiger charge is -2.35. The zero-order valence-electron chi connectivity index (χ0n) is 16.8. The maximum Gasteiger partial charge on any atom is 0.341 e. The molecule has 1 spiro atoms. The normalized spacial score (nSPS) is 18.7. The SMILES string of the molecule is COC(=O)c1ccc(C2CCC3(CC2)OCCO3)cc1Oc1cnc2[nH]ccc2c1. The maximum atomic E-state index is 12.3. The molecular formula is C23H24N2O5. The van der Waals surface area contributed by atoms with Gasteiger partial charge in [0.05, 0.1) is 26.5 Å². The highest BCUT2D eigenvalue weighted by Crippen LogP contribution is 2.43. The van der Waals surface area contributed by atoms with Crippen molar-refractivity contribution in [3.63, 3.8) is 0 Å². The molecule has 0 amide bonds. The van der Waals surface area contributed by atoms with Crippen molar-refractivity contribution < 1.29 is 23.7 Å². The number of carbonyl (C=O) groups is 1. The van der Waals surface area contributed by atoms with Gasteiger partial charge >= 0.3 is 5.97 Å². The van der Waals surface area contributed by atoms with Gasteiger partial charge in [0.25, 0.3) is 0 Å². The van der Waals surface area contributed by atoms with Gasteiger partial charge in [-0.05, 0) is 48.6 Å². The molecule has 1 aliphatic carbocycles. The van der Waals surface area contributed by atoms with Crippen LogP contribution in [0.3, 0.4) is 0 Å². The molecule has 1 N–H and O–H groups in total. The van der Waals surface area contributed by atoms with E-state index in [1.165, 1.54) is 7.11 Å². The van der Waals surface area contributed by atoms with Crippen LogP contribution in [0.15, 0.2) is 42.7 Å². The lowest BCUT2D eigenvalue weighted by molar-refractivity contribution is -0.178. The molecule has 0 unspecified atom stereocenters. The first-order chi connectivity index (χ1) is 14.7. The number of ether oxygens (including phenoxy) is 4. The van der Waals surface area contributed by atoms with E-state index in [1.54, 1.807) is 12.3 Å². The minimum absolute atomic E-state index is 0.364. The van der Waals surface area contributed by atoms with Crippen molar-refractivity contribution in [2.75, 3.05) is 20.3 Å². The summed E-state index contributed by atoms with van der Waals surface area (Å²) in [5.74, 6) is 0.592. The van der Waals surface area contributed by atoms with E-state index < -0.39 is 5.97 Å². The monoisotopic (exact) mass is 408 g/mol. The molecule has 1 aromatic carbocycles. The number of H-pyrrole nitrogens is 1. The summed E-state index contributed by atoms with van der Waals surface area (Å²) in [4.78, 5) is 19.7. The molecule has 0 bridgehead atoms. The Balaban J connectivity index is 1.41. The summed E-state index contributed by atoms with van der Waals surface area (Å²) < 4.78 is 22.7. The quantitative estimate of drug-likeness (QED) is 0.638. The largest absolute Gasteiger partial charge is 0.465 e. The van der Waals surface area contributed by atoms with Crippen LogP contribution in [-0.2, 0) is 14.2 Å². The highest BCUT2D eigenvalue weighted by molar-refractivity contribution is 5.92. The molecule has 1 saturated heterocycles. The zero-order valence-corrected chi connectivity index (χ0v) is 16.8. The van der Waals surface area contributed by atoms with Crippen molar-refractivity contribution in [2.24, 2.45) is 0 Å². The Morgan fingerprint density at radius 1 is 1.17 bits per heavy atom. The molecule has 30 heavy (non-hydrogen) atoms. The first kappa shape index (κ1) is 19.1. The summed E-state index contributed by atoms with van der Waals surface area (Å²) in [5.41, 5.74) is 2.32. The van der Waals surface area contributed by atoms with Crippen LogP contribution < -0.4 is 4.74 Å². The van der Waals surface area contributed by atoms with Crippen molar-refractivity contribution in [1.82, 2.24) is 9.97 Å². The van der Waals surface area contributed by atoms with Crippen LogP contribution in [0.1, 0.15) is 47.5 Å². The second-order valence-corrected chi connectivity index (χ2v) is 7.82. The van der Waals surface area contributed by atoms with Crippen LogP contribution in [0.5, 0.6) is 11.5 Å². The number of aromatic nitrogens is 2. The van der Waals surface area contributed by atoms with Crippen LogP contribution in [0.4, 0.5) is 0 Å². The van der Waals surface area contributed by atoms with Gasteiger partial charge in [-0.1, -0.05) is 6.07 Å². The third-order valence-electron chi connectivity index (χ3n) is 6.05. The van der Waals surface area contributed by atoms with Crippen molar-refractivity contribution in [3.05, 3.63) is 53.9 Å². The highest BCUT2D eigenvalue weighted by atomic mass is 16.7. The van der Waals surface area contributed by atoms with Crippen LogP contribution in [0.25, 0.3) is 11.0 Å². The minimum atomic E-state index is -0.428. The summed E-state index contributed by atoms with van der Waals surface area (Å²) in [6.07, 6.45) is 7.16. The van der Waals surface area contributed by atoms with E-state index in [2.05, 4.69) is 9.97 Å². The molecule has 1 saturated carbocycles. The smallest absolute Gasteiger partial charge is 0.341 e. The molecule has 0 atom stereocenters. The summed E-state index contributed by atoms with van der Waals surface area (Å²) in [6.45, 7) is 1.35. The van der Waals surface area contributed by atoms with Crippen LogP contribution in [0.2, 0.25) is 0 Å². The Morgan fingerprint density at radius 2 is 1.97 bits per heavy atom. The Kier molecular flexibility index (Phi) is 4.92. The van der Waals surface area contributed by atoms with Crippen molar-refractivity contribution in [2.45, 2.75) is 37.4 Å². The van der Waals surface area contributed by atoms with Crippen molar-refractivity contribution >= 4 is 17.0 Å². The Bertz CT molecular complexity index is 1060. The number of hydrogen-bond donors (Lipinski definition) is 1. The van der Waals surface area contributed by atoms with Gasteiger partial charge in [0.15, 0.2) is 5.79 Å². The molecular weight excluding hydrogens is 384 g/mol. The molecule has 2 fully saturated rings. The number of benzene rings is 1. The number of methoxy groups -OCH3 is 1. The van der Waals surface area contributed by atoms with Gasteiger partial charge in [-0.25, -0.2) is 9.78 Å². The lowest BCUT2D eigenvalue weighted by Crippen LogP contribution is -2.34. The Labute approximate surface area is 174 Å². The third kappa shape index (κ3) is 3.55. The number of carbonyl (C=O) groups excluding carboxylic acids is 1. The van der Waals surface area contributed by atoms with Gasteiger partial charge in [-0.15, -0.1) is 0 Å². The van der Waals surface area contributed by atoms with E-state index in [9.17, 15) is 4.79 Å². The van der Waals surface area contributed by atoms with E-state index in [0.717, 1.165) is 42.3 Å². The molecule has 1 aliphatic heterocycles. The summed E-state index contributed by atoms with van der Waals surface area (Å²) in [7, 11) is 1.37. The average molecular weight is 408 g/mol. The summed E-state index contributed by atoms with van der Waals surface area (Å²) in [6, 6.07) is 9.55. The summed E-state index contributed by atoms with van der Waals surface area (Å²) >= 11 is 0. The zero-order chi connectivity index (χ0) is 20.6. The molecule has 2 aliphatic rings. The molecule has 7 heteroatoms. The Hall–Kier alpha value is -2.90. The predicted molar refractivity (Wildman–Crippen MR) is 110 cm³/mol. The van der Waals surface area contributed by atoms with Crippen LogP contribution >= 0.6 is 0 Å². The van der Waals surface area contributed by atoms with Gasteiger partial charge in [0.1, 0.15) is 22.7 Å². The van der Waals surface area contributed by atoms with Crippen molar-refractivity contribution in [3.8, 4) is 11.5 Å². The second kappa shape index (κ2) is 7.74. The Morgan fingerprint density at radius 3 is 2.73 bits per heavy atom. The van der Waals surface area contributed by atoms with Crippen molar-refractivity contribution in [1.29, 1.82) is 0 Å². The average Bonchev–Trinajstić information content (AvgIpc) is 3.43. The van der Waals surface area contributed by atoms with Gasteiger partial charge in [0.2, 0.25) is 0 Å². The molecule has 2 aromatic heterocycles. The molecule has 3 aromatic rings. The number of hydrogen-bond acceptors (Lipinski definition) is 6. The first-order valence-electron chi connectivity index (χ1n) is 10.3. The van der Waals surface area contributed by atoms with Gasteiger partial charge in [0, 0.05) is 24.4 Å². The van der Waals surface area contributed by atoms with Crippen LogP contribution in [-0.4, -0.2) is 42.0 Å². The van der Waals surface area contributed by atoms with E-state index in [-0.39, 0.29) is 5.79 Å². The molecule has 156 valence electrons. The van der Waals surface area contributed by atoms with Crippen LogP contribution in [0, 0.1) is 0 Å². The van der Waals surface area contributed by atoms with E-state index >= 15 is 0 Å². The van der Waals surface area contributed by atoms with Gasteiger partial charge in [-0.2, -0.15) is 0 Å². The fourth-order valence-electron chi connectivity index (χ4n) is 4.43. The summed E-state index contributed by atoms with van der Waals surface area (Å²) in [5, 5.41) is 0.942. The number of rotatable bonds is 4. The number of fused-ring (bicyclic) bond motifs is 1. The number of aromatic amines is 1. The van der Waals surface area contributed by atoms with E-state index in [0.29, 0.717) is 36.2 Å². The lowest BCUT2D eigenvalue weighted by atomic mass is 9.80. The number of nitrogens with one attached hydrogen (secondary N) is 1. The fraction of sp³-hybridized carbons (Fsp3) is 0.391. The predicted octanol–water partition coefficient (Wildman–Crippen LogP) is 4.54. The molecule has 7 nitrogen and oxygen atoms in total. The number of pyridine rings is 1. The van der Waals surface area contributed by atoms with E-state index in [1.807, 2.05) is 30.5 Å². The van der Waals surface area contributed by atoms with Gasteiger partial charge in [-0.3, -0.25) is 0 Å². The number of nitrogens with zero attached hydrogens (tertiary/aromatic N) is 1. The second-order valence-electron chi connectivity index (χ2n) is 7.82. The first-order valence-corrected chi connectivity index (χ1v) is 10.3. The standard InChI is InChI=1S/C23H24N2O5/c1-27-22(26)19-3-2-16(15-4-7-23(8-5-15)28-10-11-29-23)13-20(19)30-18-12-17-6-9-24-21(17)25-14-18/h2-3,6,9,12-15H,4-5,7-8,10-11H2,1H3,(H,24,25). The number of esters is 1. The molecule has 3 heterocycles. The highest BCUT2D eigenvalue weighted by Gasteiger charge is 2.40. The van der Waals surface area contributed by atoms with Gasteiger partial charge < -0.3 is 23.9 Å². The maximum absolute atomic E-state index is 12.3. The molecule has 0 radical (unpaired) electrons. The third-order valence-corrected chi connectivity index (χ3v) is 6.05.